The molecule has 1 fully saturated rings. The summed E-state index contributed by atoms with van der Waals surface area (Å²) in [6.07, 6.45) is 4.95. The number of nitrogens with zero attached hydrogens (tertiary/aromatic N) is 2. The Kier molecular flexibility index (Phi) is 6.95. The first kappa shape index (κ1) is 22.4. The fourth-order valence-electron chi connectivity index (χ4n) is 3.78. The number of rotatable bonds is 7. The van der Waals surface area contributed by atoms with Gasteiger partial charge < -0.3 is 19.4 Å². The van der Waals surface area contributed by atoms with Gasteiger partial charge in [0, 0.05) is 19.2 Å². The van der Waals surface area contributed by atoms with Crippen LogP contribution in [0.2, 0.25) is 0 Å². The summed E-state index contributed by atoms with van der Waals surface area (Å²) in [5, 5.41) is 0.508. The molecule has 1 aliphatic rings. The molecule has 8 nitrogen and oxygen atoms in total. The van der Waals surface area contributed by atoms with Gasteiger partial charge in [-0.15, -0.1) is 0 Å². The number of hydrogen-bond acceptors (Lipinski definition) is 6. The van der Waals surface area contributed by atoms with Crippen LogP contribution >= 0.6 is 0 Å². The predicted molar refractivity (Wildman–Crippen MR) is 124 cm³/mol. The van der Waals surface area contributed by atoms with Crippen LogP contribution in [-0.4, -0.2) is 53.1 Å². The standard InChI is InChI=1S/C25H25N3O5/c1-32-25(31)18-11-8-17(9-12-18)10-13-23(29)28(15-19-5-4-14-33-19)16-22-26-21-7-3-2-6-20(21)24(30)27-22/h2-3,6-13,19H,4-5,14-16H2,1H3,(H,26,27,30)/b13-10+/t19-/m1/s1. The molecule has 0 radical (unpaired) electrons. The zero-order valence-corrected chi connectivity index (χ0v) is 18.3. The molecule has 1 atom stereocenters. The van der Waals surface area contributed by atoms with Crippen LogP contribution in [0, 0.1) is 0 Å². The average Bonchev–Trinajstić information content (AvgIpc) is 3.35. The third-order valence-corrected chi connectivity index (χ3v) is 5.51. The second kappa shape index (κ2) is 10.2. The monoisotopic (exact) mass is 447 g/mol. The number of carbonyl (C=O) groups excluding carboxylic acids is 2. The minimum Gasteiger partial charge on any atom is -0.465 e. The topological polar surface area (TPSA) is 102 Å². The van der Waals surface area contributed by atoms with Gasteiger partial charge in [-0.05, 0) is 48.7 Å². The second-order valence-corrected chi connectivity index (χ2v) is 7.83. The number of benzene rings is 2. The van der Waals surface area contributed by atoms with Crippen LogP contribution in [0.3, 0.4) is 0 Å². The van der Waals surface area contributed by atoms with Crippen LogP contribution in [-0.2, 0) is 20.8 Å². The number of carbonyl (C=O) groups is 2. The van der Waals surface area contributed by atoms with Gasteiger partial charge in [0.1, 0.15) is 5.82 Å². The zero-order valence-electron chi connectivity index (χ0n) is 18.3. The largest absolute Gasteiger partial charge is 0.465 e. The summed E-state index contributed by atoms with van der Waals surface area (Å²) in [4.78, 5) is 46.0. The number of aromatic nitrogens is 2. The number of para-hydroxylation sites is 1. The Morgan fingerprint density at radius 3 is 2.73 bits per heavy atom. The number of esters is 1. The number of fused-ring (bicyclic) bond motifs is 1. The van der Waals surface area contributed by atoms with Crippen LogP contribution in [0.1, 0.15) is 34.6 Å². The van der Waals surface area contributed by atoms with E-state index in [2.05, 4.69) is 9.97 Å². The first-order valence-corrected chi connectivity index (χ1v) is 10.8. The number of H-pyrrole nitrogens is 1. The van der Waals surface area contributed by atoms with Crippen molar-refractivity contribution in [2.75, 3.05) is 20.3 Å². The Morgan fingerprint density at radius 2 is 2.00 bits per heavy atom. The minimum atomic E-state index is -0.416. The summed E-state index contributed by atoms with van der Waals surface area (Å²) >= 11 is 0. The van der Waals surface area contributed by atoms with E-state index in [0.717, 1.165) is 18.4 Å². The van der Waals surface area contributed by atoms with Crippen LogP contribution in [0.15, 0.2) is 59.4 Å². The summed E-state index contributed by atoms with van der Waals surface area (Å²) in [6, 6.07) is 13.9. The van der Waals surface area contributed by atoms with Gasteiger partial charge in [0.05, 0.1) is 36.2 Å². The molecule has 1 aliphatic heterocycles. The van der Waals surface area contributed by atoms with Crippen LogP contribution in [0.4, 0.5) is 0 Å². The number of hydrogen-bond donors (Lipinski definition) is 1. The van der Waals surface area contributed by atoms with E-state index in [1.807, 2.05) is 6.07 Å². The van der Waals surface area contributed by atoms with E-state index < -0.39 is 5.97 Å². The van der Waals surface area contributed by atoms with Gasteiger partial charge in [-0.2, -0.15) is 0 Å². The van der Waals surface area contributed by atoms with E-state index in [9.17, 15) is 14.4 Å². The van der Waals surface area contributed by atoms with Crippen molar-refractivity contribution in [3.8, 4) is 0 Å². The molecule has 8 heteroatoms. The predicted octanol–water partition coefficient (Wildman–Crippen LogP) is 2.93. The normalized spacial score (nSPS) is 15.7. The van der Waals surface area contributed by atoms with Gasteiger partial charge >= 0.3 is 5.97 Å². The Bertz CT molecular complexity index is 1230. The first-order chi connectivity index (χ1) is 16.0. The van der Waals surface area contributed by atoms with E-state index in [0.29, 0.717) is 35.4 Å². The molecule has 0 bridgehead atoms. The lowest BCUT2D eigenvalue weighted by atomic mass is 10.1. The number of nitrogens with one attached hydrogen (secondary N) is 1. The molecular weight excluding hydrogens is 422 g/mol. The third-order valence-electron chi connectivity index (χ3n) is 5.51. The maximum atomic E-state index is 13.1. The molecule has 3 aromatic rings. The number of aromatic amines is 1. The lowest BCUT2D eigenvalue weighted by molar-refractivity contribution is -0.128. The molecule has 170 valence electrons. The van der Waals surface area contributed by atoms with Gasteiger partial charge in [0.25, 0.3) is 5.56 Å². The molecule has 4 rings (SSSR count). The molecule has 0 saturated carbocycles. The van der Waals surface area contributed by atoms with Crippen molar-refractivity contribution in [2.45, 2.75) is 25.5 Å². The van der Waals surface area contributed by atoms with Crippen LogP contribution in [0.5, 0.6) is 0 Å². The highest BCUT2D eigenvalue weighted by molar-refractivity contribution is 5.92. The van der Waals surface area contributed by atoms with E-state index >= 15 is 0 Å². The Balaban J connectivity index is 1.53. The van der Waals surface area contributed by atoms with Crippen molar-refractivity contribution < 1.29 is 19.1 Å². The smallest absolute Gasteiger partial charge is 0.337 e. The van der Waals surface area contributed by atoms with Gasteiger partial charge in [0.2, 0.25) is 5.91 Å². The maximum Gasteiger partial charge on any atom is 0.337 e. The molecule has 1 saturated heterocycles. The van der Waals surface area contributed by atoms with Crippen molar-refractivity contribution in [3.63, 3.8) is 0 Å². The molecular formula is C25H25N3O5. The molecule has 2 aromatic carbocycles. The van der Waals surface area contributed by atoms with E-state index in [1.165, 1.54) is 13.2 Å². The second-order valence-electron chi connectivity index (χ2n) is 7.83. The van der Waals surface area contributed by atoms with Crippen molar-refractivity contribution in [3.05, 3.63) is 81.9 Å². The lowest BCUT2D eigenvalue weighted by Gasteiger charge is -2.24. The highest BCUT2D eigenvalue weighted by Gasteiger charge is 2.22. The van der Waals surface area contributed by atoms with Crippen molar-refractivity contribution in [1.82, 2.24) is 14.9 Å². The third kappa shape index (κ3) is 5.53. The van der Waals surface area contributed by atoms with Crippen LogP contribution < -0.4 is 5.56 Å². The fourth-order valence-corrected chi connectivity index (χ4v) is 3.78. The zero-order chi connectivity index (χ0) is 23.2. The molecule has 1 N–H and O–H groups in total. The summed E-state index contributed by atoms with van der Waals surface area (Å²) in [5.41, 5.74) is 1.56. The number of methoxy groups -OCH3 is 1. The Morgan fingerprint density at radius 1 is 1.21 bits per heavy atom. The maximum absolute atomic E-state index is 13.1. The summed E-state index contributed by atoms with van der Waals surface area (Å²) < 4.78 is 10.4. The highest BCUT2D eigenvalue weighted by Crippen LogP contribution is 2.16. The Labute approximate surface area is 190 Å². The average molecular weight is 447 g/mol. The van der Waals surface area contributed by atoms with Crippen LogP contribution in [0.25, 0.3) is 17.0 Å². The SMILES string of the molecule is COC(=O)c1ccc(/C=C/C(=O)N(Cc2nc3ccccc3c(=O)[nH]2)C[C@H]2CCCO2)cc1. The summed E-state index contributed by atoms with van der Waals surface area (Å²) in [5.74, 6) is -0.222. The summed E-state index contributed by atoms with van der Waals surface area (Å²) in [6.45, 7) is 1.24. The quantitative estimate of drug-likeness (QED) is 0.441. The van der Waals surface area contributed by atoms with E-state index in [1.54, 1.807) is 53.4 Å². The van der Waals surface area contributed by atoms with Gasteiger partial charge in [-0.3, -0.25) is 9.59 Å². The lowest BCUT2D eigenvalue weighted by Crippen LogP contribution is -2.36. The van der Waals surface area contributed by atoms with Gasteiger partial charge in [-0.1, -0.05) is 24.3 Å². The summed E-state index contributed by atoms with van der Waals surface area (Å²) in [7, 11) is 1.33. The van der Waals surface area contributed by atoms with Crippen molar-refractivity contribution >= 4 is 28.9 Å². The van der Waals surface area contributed by atoms with Gasteiger partial charge in [-0.25, -0.2) is 9.78 Å². The molecule has 1 aromatic heterocycles. The molecule has 1 amide bonds. The van der Waals surface area contributed by atoms with E-state index in [-0.39, 0.29) is 24.1 Å². The minimum absolute atomic E-state index is 0.0473. The Hall–Kier alpha value is -3.78. The first-order valence-electron chi connectivity index (χ1n) is 10.8. The van der Waals surface area contributed by atoms with E-state index in [4.69, 9.17) is 9.47 Å². The molecule has 33 heavy (non-hydrogen) atoms. The number of ether oxygens (including phenoxy) is 2. The molecule has 2 heterocycles. The molecule has 0 aliphatic carbocycles. The van der Waals surface area contributed by atoms with Gasteiger partial charge in [0.15, 0.2) is 0 Å². The van der Waals surface area contributed by atoms with Crippen molar-refractivity contribution in [2.24, 2.45) is 0 Å². The molecule has 0 unspecified atom stereocenters. The van der Waals surface area contributed by atoms with Crippen molar-refractivity contribution in [1.29, 1.82) is 0 Å². The highest BCUT2D eigenvalue weighted by atomic mass is 16.5. The number of amides is 1. The fraction of sp³-hybridized carbons (Fsp3) is 0.280. The molecule has 0 spiro atoms.